The Bertz CT molecular complexity index is 973. The third kappa shape index (κ3) is 4.88. The molecule has 0 saturated carbocycles. The lowest BCUT2D eigenvalue weighted by atomic mass is 10.2. The van der Waals surface area contributed by atoms with Gasteiger partial charge in [0.2, 0.25) is 0 Å². The number of pyridine rings is 2. The lowest BCUT2D eigenvalue weighted by Crippen LogP contribution is -2.34. The van der Waals surface area contributed by atoms with E-state index in [1.165, 1.54) is 17.0 Å². The van der Waals surface area contributed by atoms with Crippen molar-refractivity contribution in [2.45, 2.75) is 0 Å². The molecule has 0 radical (unpaired) electrons. The first-order valence-corrected chi connectivity index (χ1v) is 8.31. The van der Waals surface area contributed by atoms with E-state index in [0.29, 0.717) is 30.5 Å². The second kappa shape index (κ2) is 8.56. The number of anilines is 3. The molecule has 9 nitrogen and oxygen atoms in total. The normalized spacial score (nSPS) is 10.3. The van der Waals surface area contributed by atoms with Crippen LogP contribution in [0.3, 0.4) is 0 Å². The van der Waals surface area contributed by atoms with Crippen LogP contribution in [0.15, 0.2) is 59.9 Å². The summed E-state index contributed by atoms with van der Waals surface area (Å²) >= 11 is 0. The van der Waals surface area contributed by atoms with Crippen LogP contribution >= 0.6 is 0 Å². The van der Waals surface area contributed by atoms with Crippen molar-refractivity contribution in [3.63, 3.8) is 0 Å². The summed E-state index contributed by atoms with van der Waals surface area (Å²) in [4.78, 5) is 36.4. The van der Waals surface area contributed by atoms with Gasteiger partial charge in [-0.1, -0.05) is 6.07 Å². The number of carbonyl (C=O) groups is 1. The standard InChI is InChI=1S/C18H19N7O2/c1-25-10-4-5-13(18(25)27)17(26)21-9-8-20-15-11-16(23-12-22-15)24-14-6-2-3-7-19-14/h2-7,10-12H,8-9H2,1H3,(H,21,26)(H2,19,20,22,23,24). The highest BCUT2D eigenvalue weighted by Gasteiger charge is 2.10. The van der Waals surface area contributed by atoms with Gasteiger partial charge in [0.15, 0.2) is 0 Å². The first-order valence-electron chi connectivity index (χ1n) is 8.31. The van der Waals surface area contributed by atoms with Crippen LogP contribution in [-0.2, 0) is 7.05 Å². The Morgan fingerprint density at radius 1 is 1.04 bits per heavy atom. The van der Waals surface area contributed by atoms with Gasteiger partial charge >= 0.3 is 0 Å². The van der Waals surface area contributed by atoms with Gasteiger partial charge in [-0.2, -0.15) is 0 Å². The van der Waals surface area contributed by atoms with E-state index < -0.39 is 5.91 Å². The van der Waals surface area contributed by atoms with Gasteiger partial charge in [0.25, 0.3) is 11.5 Å². The van der Waals surface area contributed by atoms with E-state index in [9.17, 15) is 9.59 Å². The summed E-state index contributed by atoms with van der Waals surface area (Å²) in [6.45, 7) is 0.781. The maximum Gasteiger partial charge on any atom is 0.263 e. The summed E-state index contributed by atoms with van der Waals surface area (Å²) in [6, 6.07) is 10.4. The fraction of sp³-hybridized carbons (Fsp3) is 0.167. The van der Waals surface area contributed by atoms with Crippen molar-refractivity contribution in [1.29, 1.82) is 0 Å². The molecule has 0 spiro atoms. The van der Waals surface area contributed by atoms with Crippen LogP contribution in [0.5, 0.6) is 0 Å². The first kappa shape index (κ1) is 18.1. The molecule has 3 rings (SSSR count). The first-order chi connectivity index (χ1) is 13.1. The van der Waals surface area contributed by atoms with Gasteiger partial charge in [0.05, 0.1) is 0 Å². The monoisotopic (exact) mass is 365 g/mol. The van der Waals surface area contributed by atoms with Crippen molar-refractivity contribution in [2.75, 3.05) is 23.7 Å². The Kier molecular flexibility index (Phi) is 5.73. The van der Waals surface area contributed by atoms with E-state index in [2.05, 4.69) is 30.9 Å². The quantitative estimate of drug-likeness (QED) is 0.538. The van der Waals surface area contributed by atoms with Gasteiger partial charge in [-0.25, -0.2) is 15.0 Å². The Balaban J connectivity index is 1.50. The topological polar surface area (TPSA) is 114 Å². The molecule has 0 unspecified atom stereocenters. The number of nitrogens with one attached hydrogen (secondary N) is 3. The molecule has 0 aromatic carbocycles. The molecule has 0 aliphatic heterocycles. The largest absolute Gasteiger partial charge is 0.368 e. The molecule has 1 amide bonds. The predicted molar refractivity (Wildman–Crippen MR) is 102 cm³/mol. The van der Waals surface area contributed by atoms with Gasteiger partial charge in [-0.15, -0.1) is 0 Å². The van der Waals surface area contributed by atoms with Gasteiger partial charge in [0.1, 0.15) is 29.3 Å². The molecular formula is C18H19N7O2. The van der Waals surface area contributed by atoms with Crippen molar-refractivity contribution in [3.8, 4) is 0 Å². The summed E-state index contributed by atoms with van der Waals surface area (Å²) < 4.78 is 1.37. The summed E-state index contributed by atoms with van der Waals surface area (Å²) in [6.07, 6.45) is 4.72. The molecule has 3 heterocycles. The zero-order valence-electron chi connectivity index (χ0n) is 14.7. The molecule has 0 bridgehead atoms. The molecule has 138 valence electrons. The number of hydrogen-bond donors (Lipinski definition) is 3. The van der Waals surface area contributed by atoms with Crippen molar-refractivity contribution < 1.29 is 4.79 Å². The van der Waals surface area contributed by atoms with Gasteiger partial charge < -0.3 is 20.5 Å². The van der Waals surface area contributed by atoms with E-state index in [-0.39, 0.29) is 11.1 Å². The fourth-order valence-electron chi connectivity index (χ4n) is 2.32. The van der Waals surface area contributed by atoms with Crippen LogP contribution in [0.4, 0.5) is 17.5 Å². The van der Waals surface area contributed by atoms with Crippen LogP contribution in [0.2, 0.25) is 0 Å². The summed E-state index contributed by atoms with van der Waals surface area (Å²) in [7, 11) is 1.60. The molecule has 0 saturated heterocycles. The van der Waals surface area contributed by atoms with E-state index in [1.54, 1.807) is 31.6 Å². The van der Waals surface area contributed by atoms with Crippen molar-refractivity contribution in [2.24, 2.45) is 7.05 Å². The molecule has 3 N–H and O–H groups in total. The molecule has 3 aromatic rings. The summed E-state index contributed by atoms with van der Waals surface area (Å²) in [5, 5.41) is 8.88. The molecule has 3 aromatic heterocycles. The fourth-order valence-corrected chi connectivity index (χ4v) is 2.32. The predicted octanol–water partition coefficient (Wildman–Crippen LogP) is 1.16. The Morgan fingerprint density at radius 3 is 2.70 bits per heavy atom. The van der Waals surface area contributed by atoms with Gasteiger partial charge in [0, 0.05) is 38.6 Å². The number of rotatable bonds is 7. The number of amides is 1. The lowest BCUT2D eigenvalue weighted by molar-refractivity contribution is 0.0953. The maximum atomic E-state index is 12.1. The zero-order chi connectivity index (χ0) is 19.1. The van der Waals surface area contributed by atoms with Crippen LogP contribution in [0, 0.1) is 0 Å². The molecule has 0 atom stereocenters. The molecule has 27 heavy (non-hydrogen) atoms. The van der Waals surface area contributed by atoms with Gasteiger partial charge in [-0.05, 0) is 24.3 Å². The van der Waals surface area contributed by atoms with Crippen molar-refractivity contribution in [1.82, 2.24) is 24.8 Å². The highest BCUT2D eigenvalue weighted by Crippen LogP contribution is 2.13. The Hall–Kier alpha value is -3.75. The highest BCUT2D eigenvalue weighted by atomic mass is 16.2. The summed E-state index contributed by atoms with van der Waals surface area (Å²) in [5.74, 6) is 1.48. The molecular weight excluding hydrogens is 346 g/mol. The van der Waals surface area contributed by atoms with Crippen LogP contribution in [0.25, 0.3) is 0 Å². The number of carbonyl (C=O) groups excluding carboxylic acids is 1. The average Bonchev–Trinajstić information content (AvgIpc) is 2.68. The zero-order valence-corrected chi connectivity index (χ0v) is 14.7. The van der Waals surface area contributed by atoms with Crippen LogP contribution < -0.4 is 21.5 Å². The minimum Gasteiger partial charge on any atom is -0.368 e. The third-order valence-corrected chi connectivity index (χ3v) is 3.67. The van der Waals surface area contributed by atoms with Crippen LogP contribution in [0.1, 0.15) is 10.4 Å². The smallest absolute Gasteiger partial charge is 0.263 e. The van der Waals surface area contributed by atoms with E-state index in [0.717, 1.165) is 0 Å². The van der Waals surface area contributed by atoms with Gasteiger partial charge in [-0.3, -0.25) is 9.59 Å². The van der Waals surface area contributed by atoms with Crippen molar-refractivity contribution >= 4 is 23.4 Å². The molecule has 0 fully saturated rings. The van der Waals surface area contributed by atoms with Crippen molar-refractivity contribution in [3.05, 3.63) is 71.0 Å². The van der Waals surface area contributed by atoms with E-state index in [4.69, 9.17) is 0 Å². The molecule has 0 aliphatic rings. The average molecular weight is 365 g/mol. The minimum absolute atomic E-state index is 0.115. The highest BCUT2D eigenvalue weighted by molar-refractivity contribution is 5.93. The van der Waals surface area contributed by atoms with E-state index >= 15 is 0 Å². The third-order valence-electron chi connectivity index (χ3n) is 3.67. The van der Waals surface area contributed by atoms with Crippen LogP contribution in [-0.4, -0.2) is 38.5 Å². The second-order valence-corrected chi connectivity index (χ2v) is 5.65. The Labute approximate surface area is 155 Å². The number of aromatic nitrogens is 4. The number of nitrogens with zero attached hydrogens (tertiary/aromatic N) is 4. The lowest BCUT2D eigenvalue weighted by Gasteiger charge is -2.09. The molecule has 0 aliphatic carbocycles. The number of hydrogen-bond acceptors (Lipinski definition) is 7. The second-order valence-electron chi connectivity index (χ2n) is 5.65. The number of aryl methyl sites for hydroxylation is 1. The maximum absolute atomic E-state index is 12.1. The summed E-state index contributed by atoms with van der Waals surface area (Å²) in [5.41, 5.74) is -0.215. The minimum atomic E-state index is -0.404. The SMILES string of the molecule is Cn1cccc(C(=O)NCCNc2cc(Nc3ccccn3)ncn2)c1=O. The molecule has 9 heteroatoms. The Morgan fingerprint density at radius 2 is 1.89 bits per heavy atom. The van der Waals surface area contributed by atoms with E-state index in [1.807, 2.05) is 18.2 Å².